The number of nitrogens with one attached hydrogen (secondary N) is 1. The number of carbonyl (C=O) groups excluding carboxylic acids is 1. The summed E-state index contributed by atoms with van der Waals surface area (Å²) in [5.41, 5.74) is 0.859. The number of hydrogen-bond donors (Lipinski definition) is 1. The van der Waals surface area contributed by atoms with E-state index in [0.29, 0.717) is 22.8 Å². The zero-order chi connectivity index (χ0) is 16.8. The Morgan fingerprint density at radius 1 is 1.29 bits per heavy atom. The van der Waals surface area contributed by atoms with Crippen molar-refractivity contribution in [1.82, 2.24) is 0 Å². The van der Waals surface area contributed by atoms with Crippen molar-refractivity contribution in [2.45, 2.75) is 25.4 Å². The van der Waals surface area contributed by atoms with E-state index in [0.717, 1.165) is 25.9 Å². The Morgan fingerprint density at radius 3 is 2.96 bits per heavy atom. The van der Waals surface area contributed by atoms with Gasteiger partial charge < -0.3 is 20.0 Å². The highest BCUT2D eigenvalue weighted by atomic mass is 16.5. The molecule has 1 N–H and O–H groups in total. The molecule has 1 amide bonds. The average Bonchev–Trinajstić information content (AvgIpc) is 2.62. The maximum Gasteiger partial charge on any atom is 0.261 e. The van der Waals surface area contributed by atoms with Crippen LogP contribution in [0.2, 0.25) is 0 Å². The molecule has 0 bridgehead atoms. The number of benzene rings is 1. The van der Waals surface area contributed by atoms with Gasteiger partial charge in [0.25, 0.3) is 5.91 Å². The molecule has 6 nitrogen and oxygen atoms in total. The van der Waals surface area contributed by atoms with Gasteiger partial charge in [0.1, 0.15) is 17.9 Å². The summed E-state index contributed by atoms with van der Waals surface area (Å²) in [7, 11) is 0. The molecule has 1 aromatic carbocycles. The van der Waals surface area contributed by atoms with Crippen molar-refractivity contribution < 1.29 is 19.0 Å². The molecule has 6 heteroatoms. The van der Waals surface area contributed by atoms with Gasteiger partial charge in [-0.15, -0.1) is 0 Å². The monoisotopic (exact) mass is 328 g/mol. The molecule has 3 rings (SSSR count). The van der Waals surface area contributed by atoms with Crippen LogP contribution in [-0.4, -0.2) is 25.2 Å². The highest BCUT2D eigenvalue weighted by molar-refractivity contribution is 6.04. The molecule has 2 heterocycles. The number of anilines is 1. The molecular weight excluding hydrogens is 308 g/mol. The summed E-state index contributed by atoms with van der Waals surface area (Å²) in [4.78, 5) is 12.3. The SMILES string of the molecule is O=C(Nc1ccccc1OC[C@H]1CCCCO1)c1ccc[n+]([O-])c1. The number of amides is 1. The lowest BCUT2D eigenvalue weighted by Crippen LogP contribution is -2.27. The van der Waals surface area contributed by atoms with Crippen LogP contribution in [0.15, 0.2) is 48.8 Å². The Morgan fingerprint density at radius 2 is 2.17 bits per heavy atom. The second-order valence-corrected chi connectivity index (χ2v) is 5.70. The zero-order valence-corrected chi connectivity index (χ0v) is 13.3. The van der Waals surface area contributed by atoms with Crippen LogP contribution in [0.25, 0.3) is 0 Å². The molecule has 1 saturated heterocycles. The van der Waals surface area contributed by atoms with Gasteiger partial charge in [0, 0.05) is 12.7 Å². The molecule has 1 aliphatic rings. The molecule has 2 aromatic rings. The number of carbonyl (C=O) groups is 1. The first-order valence-corrected chi connectivity index (χ1v) is 8.06. The van der Waals surface area contributed by atoms with E-state index in [9.17, 15) is 10.0 Å². The highest BCUT2D eigenvalue weighted by Gasteiger charge is 2.16. The summed E-state index contributed by atoms with van der Waals surface area (Å²) in [6, 6.07) is 10.4. The minimum atomic E-state index is -0.356. The minimum absolute atomic E-state index is 0.0936. The molecule has 0 saturated carbocycles. The first kappa shape index (κ1) is 16.3. The predicted octanol–water partition coefficient (Wildman–Crippen LogP) is 2.52. The normalized spacial score (nSPS) is 17.2. The van der Waals surface area contributed by atoms with Crippen LogP contribution < -0.4 is 14.8 Å². The molecule has 126 valence electrons. The largest absolute Gasteiger partial charge is 0.619 e. The first-order chi connectivity index (χ1) is 11.7. The van der Waals surface area contributed by atoms with Gasteiger partial charge in [-0.25, -0.2) is 0 Å². The van der Waals surface area contributed by atoms with Crippen molar-refractivity contribution >= 4 is 11.6 Å². The summed E-state index contributed by atoms with van der Waals surface area (Å²) in [5.74, 6) is 0.233. The Kier molecular flexibility index (Phi) is 5.28. The molecule has 0 spiro atoms. The van der Waals surface area contributed by atoms with Gasteiger partial charge in [-0.05, 0) is 37.5 Å². The van der Waals surface area contributed by atoms with Crippen LogP contribution >= 0.6 is 0 Å². The van der Waals surface area contributed by atoms with Gasteiger partial charge in [-0.3, -0.25) is 4.79 Å². The summed E-state index contributed by atoms with van der Waals surface area (Å²) in [6.07, 6.45) is 5.89. The lowest BCUT2D eigenvalue weighted by atomic mass is 10.1. The van der Waals surface area contributed by atoms with Crippen molar-refractivity contribution in [1.29, 1.82) is 0 Å². The van der Waals surface area contributed by atoms with Crippen molar-refractivity contribution in [3.8, 4) is 5.75 Å². The van der Waals surface area contributed by atoms with Crippen LogP contribution in [0.3, 0.4) is 0 Å². The van der Waals surface area contributed by atoms with E-state index in [2.05, 4.69) is 5.32 Å². The van der Waals surface area contributed by atoms with Crippen LogP contribution in [-0.2, 0) is 4.74 Å². The fourth-order valence-electron chi connectivity index (χ4n) is 2.60. The Labute approximate surface area is 140 Å². The molecule has 1 fully saturated rings. The maximum atomic E-state index is 12.3. The number of pyridine rings is 1. The molecular formula is C18H20N2O4. The van der Waals surface area contributed by atoms with Crippen molar-refractivity contribution in [2.75, 3.05) is 18.5 Å². The van der Waals surface area contributed by atoms with E-state index in [1.54, 1.807) is 18.2 Å². The summed E-state index contributed by atoms with van der Waals surface area (Å²) >= 11 is 0. The van der Waals surface area contributed by atoms with Crippen molar-refractivity contribution in [3.63, 3.8) is 0 Å². The number of aromatic nitrogens is 1. The van der Waals surface area contributed by atoms with Gasteiger partial charge >= 0.3 is 0 Å². The summed E-state index contributed by atoms with van der Waals surface area (Å²) < 4.78 is 12.1. The second-order valence-electron chi connectivity index (χ2n) is 5.70. The lowest BCUT2D eigenvalue weighted by Gasteiger charge is -2.23. The van der Waals surface area contributed by atoms with Crippen molar-refractivity contribution in [3.05, 3.63) is 59.6 Å². The highest BCUT2D eigenvalue weighted by Crippen LogP contribution is 2.25. The lowest BCUT2D eigenvalue weighted by molar-refractivity contribution is -0.605. The predicted molar refractivity (Wildman–Crippen MR) is 88.9 cm³/mol. The quantitative estimate of drug-likeness (QED) is 0.676. The van der Waals surface area contributed by atoms with Gasteiger partial charge in [0.05, 0.1) is 11.8 Å². The second kappa shape index (κ2) is 7.79. The molecule has 1 aliphatic heterocycles. The van der Waals surface area contributed by atoms with Gasteiger partial charge in [-0.2, -0.15) is 4.73 Å². The fraction of sp³-hybridized carbons (Fsp3) is 0.333. The third-order valence-electron chi connectivity index (χ3n) is 3.87. The fourth-order valence-corrected chi connectivity index (χ4v) is 2.60. The molecule has 0 aliphatic carbocycles. The van der Waals surface area contributed by atoms with Gasteiger partial charge in [0.2, 0.25) is 0 Å². The third-order valence-corrected chi connectivity index (χ3v) is 3.87. The van der Waals surface area contributed by atoms with Crippen molar-refractivity contribution in [2.24, 2.45) is 0 Å². The van der Waals surface area contributed by atoms with E-state index >= 15 is 0 Å². The Hall–Kier alpha value is -2.60. The number of ether oxygens (including phenoxy) is 2. The number of para-hydroxylation sites is 2. The third kappa shape index (κ3) is 4.23. The Bertz CT molecular complexity index is 699. The van der Waals surface area contributed by atoms with E-state index in [4.69, 9.17) is 9.47 Å². The average molecular weight is 328 g/mol. The molecule has 1 aromatic heterocycles. The molecule has 0 radical (unpaired) electrons. The minimum Gasteiger partial charge on any atom is -0.619 e. The van der Waals surface area contributed by atoms with Crippen LogP contribution in [0.4, 0.5) is 5.69 Å². The van der Waals surface area contributed by atoms with E-state index in [-0.39, 0.29) is 17.6 Å². The summed E-state index contributed by atoms with van der Waals surface area (Å²) in [5, 5.41) is 14.1. The molecule has 0 unspecified atom stereocenters. The van der Waals surface area contributed by atoms with Crippen LogP contribution in [0.1, 0.15) is 29.6 Å². The topological polar surface area (TPSA) is 74.5 Å². The number of nitrogens with zero attached hydrogens (tertiary/aromatic N) is 1. The van der Waals surface area contributed by atoms with Crippen LogP contribution in [0, 0.1) is 5.21 Å². The van der Waals surface area contributed by atoms with Crippen LogP contribution in [0.5, 0.6) is 5.75 Å². The van der Waals surface area contributed by atoms with E-state index in [1.807, 2.05) is 12.1 Å². The van der Waals surface area contributed by atoms with Gasteiger partial charge in [0.15, 0.2) is 12.4 Å². The number of rotatable bonds is 5. The maximum absolute atomic E-state index is 12.3. The van der Waals surface area contributed by atoms with E-state index < -0.39 is 0 Å². The summed E-state index contributed by atoms with van der Waals surface area (Å²) in [6.45, 7) is 1.23. The number of hydrogen-bond acceptors (Lipinski definition) is 4. The zero-order valence-electron chi connectivity index (χ0n) is 13.3. The van der Waals surface area contributed by atoms with E-state index in [1.165, 1.54) is 18.5 Å². The van der Waals surface area contributed by atoms with Gasteiger partial charge in [-0.1, -0.05) is 12.1 Å². The standard InChI is InChI=1S/C18H20N2O4/c21-18(14-6-5-10-20(22)12-14)19-16-8-1-2-9-17(16)24-13-15-7-3-4-11-23-15/h1-2,5-6,8-10,12,15H,3-4,7,11,13H2,(H,19,21)/t15-/m1/s1. The smallest absolute Gasteiger partial charge is 0.261 e. The first-order valence-electron chi connectivity index (χ1n) is 8.06. The molecule has 24 heavy (non-hydrogen) atoms. The molecule has 1 atom stereocenters. The Balaban J connectivity index is 1.66.